The minimum absolute atomic E-state index is 0.0809. The van der Waals surface area contributed by atoms with E-state index in [0.717, 1.165) is 30.6 Å². The molecule has 1 N–H and O–H groups in total. The van der Waals surface area contributed by atoms with Crippen molar-refractivity contribution in [2.75, 3.05) is 18.1 Å². The van der Waals surface area contributed by atoms with Crippen LogP contribution < -0.4 is 4.90 Å². The standard InChI is InChI=1S/C16H23NO2/c1-12(19)13-6-4-8-15(10-13)17-9-5-7-14(11-18)16(17,2)3/h4,6,8,10,14,18H,5,7,9,11H2,1-3H3. The second-order valence-electron chi connectivity index (χ2n) is 5.93. The topological polar surface area (TPSA) is 40.5 Å². The first-order valence-electron chi connectivity index (χ1n) is 6.96. The predicted octanol–water partition coefficient (Wildman–Crippen LogP) is 2.88. The minimum atomic E-state index is -0.0809. The number of aliphatic hydroxyl groups is 1. The Morgan fingerprint density at radius 2 is 2.21 bits per heavy atom. The smallest absolute Gasteiger partial charge is 0.159 e. The van der Waals surface area contributed by atoms with Gasteiger partial charge >= 0.3 is 0 Å². The summed E-state index contributed by atoms with van der Waals surface area (Å²) < 4.78 is 0. The molecule has 1 aromatic rings. The van der Waals surface area contributed by atoms with Gasteiger partial charge in [0.2, 0.25) is 0 Å². The molecule has 0 amide bonds. The van der Waals surface area contributed by atoms with Gasteiger partial charge in [-0.15, -0.1) is 0 Å². The average molecular weight is 261 g/mol. The number of Topliss-reactive ketones (excluding diaryl/α,β-unsaturated/α-hetero) is 1. The van der Waals surface area contributed by atoms with Gasteiger partial charge in [0.25, 0.3) is 0 Å². The number of aliphatic hydroxyl groups excluding tert-OH is 1. The van der Waals surface area contributed by atoms with E-state index in [4.69, 9.17) is 0 Å². The molecule has 0 spiro atoms. The van der Waals surface area contributed by atoms with E-state index in [2.05, 4.69) is 18.7 Å². The molecular weight excluding hydrogens is 238 g/mol. The Labute approximate surface area is 115 Å². The van der Waals surface area contributed by atoms with Crippen LogP contribution in [0.3, 0.4) is 0 Å². The molecule has 0 saturated carbocycles. The van der Waals surface area contributed by atoms with Crippen LogP contribution in [-0.2, 0) is 0 Å². The summed E-state index contributed by atoms with van der Waals surface area (Å²) in [5, 5.41) is 9.55. The Balaban J connectivity index is 2.34. The Kier molecular flexibility index (Phi) is 3.95. The van der Waals surface area contributed by atoms with Gasteiger partial charge in [0.1, 0.15) is 0 Å². The SMILES string of the molecule is CC(=O)c1cccc(N2CCCC(CO)C2(C)C)c1. The molecular formula is C16H23NO2. The maximum atomic E-state index is 11.5. The number of carbonyl (C=O) groups is 1. The third-order valence-corrected chi connectivity index (χ3v) is 4.41. The Morgan fingerprint density at radius 1 is 1.47 bits per heavy atom. The van der Waals surface area contributed by atoms with Gasteiger partial charge in [-0.2, -0.15) is 0 Å². The highest BCUT2D eigenvalue weighted by molar-refractivity contribution is 5.95. The molecule has 0 aliphatic carbocycles. The molecule has 3 heteroatoms. The molecule has 1 saturated heterocycles. The van der Waals surface area contributed by atoms with Crippen LogP contribution in [0, 0.1) is 5.92 Å². The molecule has 2 rings (SSSR count). The maximum absolute atomic E-state index is 11.5. The lowest BCUT2D eigenvalue weighted by atomic mass is 9.79. The third-order valence-electron chi connectivity index (χ3n) is 4.41. The lowest BCUT2D eigenvalue weighted by molar-refractivity contribution is 0.101. The second-order valence-corrected chi connectivity index (χ2v) is 5.93. The van der Waals surface area contributed by atoms with Crippen molar-refractivity contribution in [1.82, 2.24) is 0 Å². The summed E-state index contributed by atoms with van der Waals surface area (Å²) in [6.45, 7) is 7.14. The fraction of sp³-hybridized carbons (Fsp3) is 0.562. The molecule has 19 heavy (non-hydrogen) atoms. The van der Waals surface area contributed by atoms with Crippen molar-refractivity contribution >= 4 is 11.5 Å². The molecule has 1 aromatic carbocycles. The highest BCUT2D eigenvalue weighted by Crippen LogP contribution is 2.36. The average Bonchev–Trinajstić information content (AvgIpc) is 2.38. The Morgan fingerprint density at radius 3 is 2.84 bits per heavy atom. The van der Waals surface area contributed by atoms with Gasteiger partial charge in [0.05, 0.1) is 0 Å². The molecule has 0 aromatic heterocycles. The van der Waals surface area contributed by atoms with Gasteiger partial charge in [0.15, 0.2) is 5.78 Å². The zero-order chi connectivity index (χ0) is 14.0. The second kappa shape index (κ2) is 5.33. The largest absolute Gasteiger partial charge is 0.396 e. The summed E-state index contributed by atoms with van der Waals surface area (Å²) >= 11 is 0. The summed E-state index contributed by atoms with van der Waals surface area (Å²) in [6, 6.07) is 7.80. The van der Waals surface area contributed by atoms with E-state index < -0.39 is 0 Å². The van der Waals surface area contributed by atoms with E-state index >= 15 is 0 Å². The number of hydrogen-bond donors (Lipinski definition) is 1. The van der Waals surface area contributed by atoms with Crippen molar-refractivity contribution < 1.29 is 9.90 Å². The number of benzene rings is 1. The summed E-state index contributed by atoms with van der Waals surface area (Å²) in [5.41, 5.74) is 1.75. The van der Waals surface area contributed by atoms with Crippen LogP contribution in [-0.4, -0.2) is 29.6 Å². The maximum Gasteiger partial charge on any atom is 0.159 e. The van der Waals surface area contributed by atoms with Crippen molar-refractivity contribution in [2.45, 2.75) is 39.2 Å². The number of piperidine rings is 1. The fourth-order valence-electron chi connectivity index (χ4n) is 3.03. The number of hydrogen-bond acceptors (Lipinski definition) is 3. The highest BCUT2D eigenvalue weighted by atomic mass is 16.3. The molecule has 1 aliphatic rings. The van der Waals surface area contributed by atoms with E-state index in [0.29, 0.717) is 0 Å². The Bertz CT molecular complexity index is 468. The summed E-state index contributed by atoms with van der Waals surface area (Å²) in [4.78, 5) is 13.8. The van der Waals surface area contributed by atoms with E-state index in [1.807, 2.05) is 24.3 Å². The number of ketones is 1. The van der Waals surface area contributed by atoms with Crippen molar-refractivity contribution in [1.29, 1.82) is 0 Å². The van der Waals surface area contributed by atoms with E-state index in [9.17, 15) is 9.90 Å². The molecule has 1 aliphatic heterocycles. The van der Waals surface area contributed by atoms with Crippen LogP contribution in [0.2, 0.25) is 0 Å². The summed E-state index contributed by atoms with van der Waals surface area (Å²) in [7, 11) is 0. The van der Waals surface area contributed by atoms with Gasteiger partial charge in [-0.3, -0.25) is 4.79 Å². The molecule has 1 atom stereocenters. The Hall–Kier alpha value is -1.35. The van der Waals surface area contributed by atoms with Crippen molar-refractivity contribution in [2.24, 2.45) is 5.92 Å². The molecule has 0 bridgehead atoms. The first kappa shape index (κ1) is 14.1. The van der Waals surface area contributed by atoms with Crippen molar-refractivity contribution in [3.8, 4) is 0 Å². The van der Waals surface area contributed by atoms with Crippen LogP contribution >= 0.6 is 0 Å². The molecule has 0 radical (unpaired) electrons. The quantitative estimate of drug-likeness (QED) is 0.851. The minimum Gasteiger partial charge on any atom is -0.396 e. The summed E-state index contributed by atoms with van der Waals surface area (Å²) in [6.07, 6.45) is 2.14. The first-order chi connectivity index (χ1) is 8.96. The highest BCUT2D eigenvalue weighted by Gasteiger charge is 2.38. The van der Waals surface area contributed by atoms with Crippen LogP contribution in [0.5, 0.6) is 0 Å². The molecule has 1 fully saturated rings. The molecule has 3 nitrogen and oxygen atoms in total. The van der Waals surface area contributed by atoms with Crippen LogP contribution in [0.4, 0.5) is 5.69 Å². The van der Waals surface area contributed by atoms with Crippen LogP contribution in [0.25, 0.3) is 0 Å². The van der Waals surface area contributed by atoms with Gasteiger partial charge in [-0.1, -0.05) is 12.1 Å². The lowest BCUT2D eigenvalue weighted by Crippen LogP contribution is -2.54. The van der Waals surface area contributed by atoms with Crippen LogP contribution in [0.15, 0.2) is 24.3 Å². The number of rotatable bonds is 3. The van der Waals surface area contributed by atoms with E-state index in [1.54, 1.807) is 6.92 Å². The fourth-order valence-corrected chi connectivity index (χ4v) is 3.03. The molecule has 1 heterocycles. The van der Waals surface area contributed by atoms with Crippen LogP contribution in [0.1, 0.15) is 44.0 Å². The van der Waals surface area contributed by atoms with Gasteiger partial charge in [-0.05, 0) is 45.7 Å². The third kappa shape index (κ3) is 2.66. The number of nitrogens with zero attached hydrogens (tertiary/aromatic N) is 1. The van der Waals surface area contributed by atoms with E-state index in [-0.39, 0.29) is 23.8 Å². The normalized spacial score (nSPS) is 22.3. The summed E-state index contributed by atoms with van der Waals surface area (Å²) in [5.74, 6) is 0.373. The monoisotopic (exact) mass is 261 g/mol. The van der Waals surface area contributed by atoms with Gasteiger partial charge in [-0.25, -0.2) is 0 Å². The first-order valence-corrected chi connectivity index (χ1v) is 6.96. The van der Waals surface area contributed by atoms with Gasteiger partial charge < -0.3 is 10.0 Å². The molecule has 1 unspecified atom stereocenters. The van der Waals surface area contributed by atoms with Crippen molar-refractivity contribution in [3.63, 3.8) is 0 Å². The van der Waals surface area contributed by atoms with E-state index in [1.165, 1.54) is 0 Å². The number of anilines is 1. The molecule has 104 valence electrons. The lowest BCUT2D eigenvalue weighted by Gasteiger charge is -2.49. The zero-order valence-corrected chi connectivity index (χ0v) is 12.0. The van der Waals surface area contributed by atoms with Gasteiger partial charge in [0, 0.05) is 35.9 Å². The van der Waals surface area contributed by atoms with Crippen molar-refractivity contribution in [3.05, 3.63) is 29.8 Å². The zero-order valence-electron chi connectivity index (χ0n) is 12.0. The number of carbonyl (C=O) groups excluding carboxylic acids is 1. The predicted molar refractivity (Wildman–Crippen MR) is 77.7 cm³/mol.